The Kier molecular flexibility index (Phi) is 28.9. The molecule has 0 fully saturated rings. The maximum Gasteiger partial charge on any atom is 0.313 e. The van der Waals surface area contributed by atoms with Gasteiger partial charge in [0.2, 0.25) is 0 Å². The molecule has 0 saturated carbocycles. The number of hydrogen-bond acceptors (Lipinski definition) is 8. The maximum absolute atomic E-state index is 9.29. The Morgan fingerprint density at radius 2 is 1.00 bits per heavy atom. The molecule has 0 rings (SSSR count). The van der Waals surface area contributed by atoms with Gasteiger partial charge in [0.05, 0.1) is 51.1 Å². The van der Waals surface area contributed by atoms with E-state index < -0.39 is 11.9 Å². The van der Waals surface area contributed by atoms with Crippen LogP contribution < -0.4 is 0 Å². The van der Waals surface area contributed by atoms with Crippen molar-refractivity contribution < 1.29 is 39.5 Å². The largest absolute Gasteiger partial charge is 0.481 e. The number of aliphatic hydroxyl groups is 2. The SMILES string of the molecule is O=C(O)CS.O=C(O)CS.OCCOCCOCCO. The molecule has 0 aliphatic carbocycles. The van der Waals surface area contributed by atoms with Gasteiger partial charge < -0.3 is 29.9 Å². The van der Waals surface area contributed by atoms with Gasteiger partial charge in [-0.05, 0) is 0 Å². The highest BCUT2D eigenvalue weighted by Crippen LogP contribution is 1.76. The fourth-order valence-corrected chi connectivity index (χ4v) is 0.451. The average molecular weight is 334 g/mol. The summed E-state index contributed by atoms with van der Waals surface area (Å²) in [5.41, 5.74) is 0. The van der Waals surface area contributed by atoms with Crippen molar-refractivity contribution in [3.8, 4) is 0 Å². The molecule has 0 aliphatic rings. The van der Waals surface area contributed by atoms with E-state index >= 15 is 0 Å². The van der Waals surface area contributed by atoms with Crippen LogP contribution in [0.4, 0.5) is 0 Å². The zero-order valence-electron chi connectivity index (χ0n) is 11.0. The standard InChI is InChI=1S/C6H14O4.2C2H4O2S/c7-1-3-9-5-6-10-4-2-8;2*3-2(4)1-5/h7-8H,1-6H2;2*5H,1H2,(H,3,4). The van der Waals surface area contributed by atoms with Crippen molar-refractivity contribution in [1.82, 2.24) is 0 Å². The van der Waals surface area contributed by atoms with Crippen LogP contribution in [0.5, 0.6) is 0 Å². The quantitative estimate of drug-likeness (QED) is 0.234. The Labute approximate surface area is 128 Å². The predicted molar refractivity (Wildman–Crippen MR) is 78.8 cm³/mol. The van der Waals surface area contributed by atoms with Crippen LogP contribution in [0.2, 0.25) is 0 Å². The van der Waals surface area contributed by atoms with Crippen LogP contribution in [0.1, 0.15) is 0 Å². The molecule has 0 unspecified atom stereocenters. The van der Waals surface area contributed by atoms with Gasteiger partial charge in [-0.2, -0.15) is 25.3 Å². The summed E-state index contributed by atoms with van der Waals surface area (Å²) in [6.45, 7) is 1.73. The van der Waals surface area contributed by atoms with Crippen LogP contribution in [0.15, 0.2) is 0 Å². The first kappa shape index (κ1) is 24.5. The van der Waals surface area contributed by atoms with E-state index in [1.54, 1.807) is 0 Å². The van der Waals surface area contributed by atoms with Crippen molar-refractivity contribution in [2.75, 3.05) is 51.1 Å². The Bertz CT molecular complexity index is 193. The molecule has 4 N–H and O–H groups in total. The van der Waals surface area contributed by atoms with E-state index in [0.717, 1.165) is 0 Å². The average Bonchev–Trinajstić information content (AvgIpc) is 2.44. The minimum Gasteiger partial charge on any atom is -0.481 e. The third kappa shape index (κ3) is 43.2. The highest BCUT2D eigenvalue weighted by atomic mass is 32.1. The number of rotatable bonds is 9. The summed E-state index contributed by atoms with van der Waals surface area (Å²) >= 11 is 6.83. The highest BCUT2D eigenvalue weighted by Gasteiger charge is 1.86. The van der Waals surface area contributed by atoms with E-state index in [4.69, 9.17) is 29.9 Å². The minimum absolute atomic E-state index is 0.0417. The Morgan fingerprint density at radius 1 is 0.750 bits per heavy atom. The first-order valence-electron chi connectivity index (χ1n) is 5.48. The lowest BCUT2D eigenvalue weighted by atomic mass is 10.7. The molecule has 0 spiro atoms. The van der Waals surface area contributed by atoms with Crippen LogP contribution in [-0.2, 0) is 19.1 Å². The van der Waals surface area contributed by atoms with E-state index in [1.165, 1.54) is 0 Å². The van der Waals surface area contributed by atoms with Gasteiger partial charge in [0.1, 0.15) is 0 Å². The third-order valence-electron chi connectivity index (χ3n) is 1.11. The summed E-state index contributed by atoms with van der Waals surface area (Å²) in [5.74, 6) is -1.93. The lowest BCUT2D eigenvalue weighted by Gasteiger charge is -2.01. The molecular formula is C10H22O8S2. The number of carboxylic acids is 2. The molecule has 0 aromatic rings. The van der Waals surface area contributed by atoms with Crippen molar-refractivity contribution in [1.29, 1.82) is 0 Å². The van der Waals surface area contributed by atoms with E-state index in [1.807, 2.05) is 0 Å². The van der Waals surface area contributed by atoms with Crippen LogP contribution >= 0.6 is 25.3 Å². The molecule has 0 bridgehead atoms. The van der Waals surface area contributed by atoms with Crippen LogP contribution in [0.3, 0.4) is 0 Å². The zero-order valence-corrected chi connectivity index (χ0v) is 12.8. The second kappa shape index (κ2) is 23.6. The Morgan fingerprint density at radius 3 is 1.15 bits per heavy atom. The molecule has 8 nitrogen and oxygen atoms in total. The fourth-order valence-electron chi connectivity index (χ4n) is 0.451. The van der Waals surface area contributed by atoms with Gasteiger partial charge in [-0.25, -0.2) is 0 Å². The van der Waals surface area contributed by atoms with Crippen LogP contribution in [0, 0.1) is 0 Å². The first-order chi connectivity index (χ1) is 9.45. The van der Waals surface area contributed by atoms with Gasteiger partial charge in [-0.1, -0.05) is 0 Å². The highest BCUT2D eigenvalue weighted by molar-refractivity contribution is 7.81. The van der Waals surface area contributed by atoms with Gasteiger partial charge in [-0.15, -0.1) is 0 Å². The monoisotopic (exact) mass is 334 g/mol. The fraction of sp³-hybridized carbons (Fsp3) is 0.800. The molecule has 0 radical (unpaired) electrons. The smallest absolute Gasteiger partial charge is 0.313 e. The Hall–Kier alpha value is -0.520. The summed E-state index contributed by atoms with van der Waals surface area (Å²) in [6.07, 6.45) is 0. The molecule has 10 heteroatoms. The minimum atomic E-state index is -0.881. The summed E-state index contributed by atoms with van der Waals surface area (Å²) < 4.78 is 9.75. The number of aliphatic carboxylic acids is 2. The molecule has 0 amide bonds. The molecule has 0 atom stereocenters. The van der Waals surface area contributed by atoms with Gasteiger partial charge in [0, 0.05) is 0 Å². The normalized spacial score (nSPS) is 8.80. The van der Waals surface area contributed by atoms with E-state index in [2.05, 4.69) is 25.3 Å². The molecule has 0 aromatic carbocycles. The summed E-state index contributed by atoms with van der Waals surface area (Å²) in [5, 5.41) is 31.8. The van der Waals surface area contributed by atoms with Crippen molar-refractivity contribution in [3.05, 3.63) is 0 Å². The van der Waals surface area contributed by atoms with Crippen molar-refractivity contribution in [2.24, 2.45) is 0 Å². The molecule has 20 heavy (non-hydrogen) atoms. The number of thiol groups is 2. The van der Waals surface area contributed by atoms with Gasteiger partial charge in [-0.3, -0.25) is 9.59 Å². The van der Waals surface area contributed by atoms with Gasteiger partial charge in [0.15, 0.2) is 0 Å². The topological polar surface area (TPSA) is 134 Å². The number of hydrogen-bond donors (Lipinski definition) is 6. The van der Waals surface area contributed by atoms with E-state index in [9.17, 15) is 9.59 Å². The number of ether oxygens (including phenoxy) is 2. The molecular weight excluding hydrogens is 312 g/mol. The Balaban J connectivity index is -0.000000244. The van der Waals surface area contributed by atoms with Crippen molar-refractivity contribution in [2.45, 2.75) is 0 Å². The number of carboxylic acid groups (broad SMARTS) is 2. The van der Waals surface area contributed by atoms with Gasteiger partial charge in [0.25, 0.3) is 0 Å². The molecule has 0 aliphatic heterocycles. The second-order valence-electron chi connectivity index (χ2n) is 2.78. The first-order valence-corrected chi connectivity index (χ1v) is 6.75. The van der Waals surface area contributed by atoms with Crippen molar-refractivity contribution in [3.63, 3.8) is 0 Å². The van der Waals surface area contributed by atoms with E-state index in [0.29, 0.717) is 26.4 Å². The molecule has 0 heterocycles. The second-order valence-corrected chi connectivity index (χ2v) is 3.41. The summed E-state index contributed by atoms with van der Waals surface area (Å²) in [6, 6.07) is 0. The lowest BCUT2D eigenvalue weighted by Crippen LogP contribution is -2.09. The third-order valence-corrected chi connectivity index (χ3v) is 1.65. The predicted octanol–water partition coefficient (Wildman–Crippen LogP) is -0.994. The maximum atomic E-state index is 9.29. The number of aliphatic hydroxyl groups excluding tert-OH is 2. The summed E-state index contributed by atoms with van der Waals surface area (Å²) in [7, 11) is 0. The van der Waals surface area contributed by atoms with Gasteiger partial charge >= 0.3 is 11.9 Å². The van der Waals surface area contributed by atoms with Crippen LogP contribution in [0.25, 0.3) is 0 Å². The molecule has 0 aromatic heterocycles. The zero-order chi connectivity index (χ0) is 16.2. The lowest BCUT2D eigenvalue weighted by molar-refractivity contribution is -0.134. The van der Waals surface area contributed by atoms with E-state index in [-0.39, 0.29) is 24.7 Å². The molecule has 122 valence electrons. The van der Waals surface area contributed by atoms with Crippen molar-refractivity contribution >= 4 is 37.2 Å². The summed E-state index contributed by atoms with van der Waals surface area (Å²) in [4.78, 5) is 18.6. The molecule has 0 saturated heterocycles. The number of carbonyl (C=O) groups is 2. The van der Waals surface area contributed by atoms with Crippen LogP contribution in [-0.4, -0.2) is 83.5 Å².